The molecular formula is C23H25FN2O4. The average molecular weight is 412 g/mol. The zero-order chi connectivity index (χ0) is 21.8. The third kappa shape index (κ3) is 4.36. The number of amides is 1. The van der Waals surface area contributed by atoms with Crippen LogP contribution in [0.25, 0.3) is 5.76 Å². The Labute approximate surface area is 175 Å². The van der Waals surface area contributed by atoms with Crippen LogP contribution in [-0.2, 0) is 9.59 Å². The molecule has 3 rings (SSSR count). The minimum absolute atomic E-state index is 0.00952. The van der Waals surface area contributed by atoms with Crippen molar-refractivity contribution >= 4 is 17.4 Å². The second kappa shape index (κ2) is 9.09. The van der Waals surface area contributed by atoms with Crippen molar-refractivity contribution in [3.63, 3.8) is 0 Å². The summed E-state index contributed by atoms with van der Waals surface area (Å²) in [4.78, 5) is 29.2. The third-order valence-electron chi connectivity index (χ3n) is 5.07. The number of likely N-dealkylation sites (tertiary alicyclic amines) is 1. The van der Waals surface area contributed by atoms with Gasteiger partial charge in [0.1, 0.15) is 17.3 Å². The molecule has 1 heterocycles. The number of nitrogens with zero attached hydrogens (tertiary/aromatic N) is 2. The fourth-order valence-corrected chi connectivity index (χ4v) is 3.59. The zero-order valence-electron chi connectivity index (χ0n) is 17.3. The molecule has 158 valence electrons. The van der Waals surface area contributed by atoms with Crippen molar-refractivity contribution < 1.29 is 23.8 Å². The van der Waals surface area contributed by atoms with Gasteiger partial charge < -0.3 is 19.6 Å². The Morgan fingerprint density at radius 3 is 2.50 bits per heavy atom. The first-order valence-electron chi connectivity index (χ1n) is 9.66. The van der Waals surface area contributed by atoms with E-state index >= 15 is 0 Å². The quantitative estimate of drug-likeness (QED) is 0.430. The summed E-state index contributed by atoms with van der Waals surface area (Å²) < 4.78 is 18.7. The molecule has 0 spiro atoms. The van der Waals surface area contributed by atoms with Crippen molar-refractivity contribution in [2.24, 2.45) is 0 Å². The van der Waals surface area contributed by atoms with E-state index in [9.17, 15) is 19.1 Å². The zero-order valence-corrected chi connectivity index (χ0v) is 17.3. The van der Waals surface area contributed by atoms with E-state index in [2.05, 4.69) is 0 Å². The van der Waals surface area contributed by atoms with Gasteiger partial charge in [0.05, 0.1) is 18.7 Å². The predicted octanol–water partition coefficient (Wildman–Crippen LogP) is 3.21. The number of carbonyl (C=O) groups excluding carboxylic acids is 2. The molecule has 0 aromatic heterocycles. The summed E-state index contributed by atoms with van der Waals surface area (Å²) in [5.74, 6) is -1.62. The summed E-state index contributed by atoms with van der Waals surface area (Å²) in [6.45, 7) is 1.06. The van der Waals surface area contributed by atoms with Crippen LogP contribution in [0.2, 0.25) is 0 Å². The van der Waals surface area contributed by atoms with Gasteiger partial charge in [-0.25, -0.2) is 4.39 Å². The minimum atomic E-state index is -0.793. The van der Waals surface area contributed by atoms with Crippen molar-refractivity contribution in [2.45, 2.75) is 12.5 Å². The second-order valence-corrected chi connectivity index (χ2v) is 7.43. The number of ketones is 1. The molecule has 30 heavy (non-hydrogen) atoms. The summed E-state index contributed by atoms with van der Waals surface area (Å²) in [5, 5.41) is 11.0. The lowest BCUT2D eigenvalue weighted by Gasteiger charge is -2.26. The van der Waals surface area contributed by atoms with E-state index in [0.717, 1.165) is 6.54 Å². The Kier molecular flexibility index (Phi) is 6.52. The molecule has 1 saturated heterocycles. The van der Waals surface area contributed by atoms with Crippen LogP contribution in [0, 0.1) is 5.82 Å². The van der Waals surface area contributed by atoms with Crippen LogP contribution in [0.3, 0.4) is 0 Å². The smallest absolute Gasteiger partial charge is 0.295 e. The summed E-state index contributed by atoms with van der Waals surface area (Å²) in [6, 6.07) is 11.5. The van der Waals surface area contributed by atoms with E-state index in [0.29, 0.717) is 29.8 Å². The first kappa shape index (κ1) is 21.5. The van der Waals surface area contributed by atoms with Crippen molar-refractivity contribution in [3.8, 4) is 5.75 Å². The Morgan fingerprint density at radius 2 is 1.87 bits per heavy atom. The largest absolute Gasteiger partial charge is 0.507 e. The van der Waals surface area contributed by atoms with Crippen LogP contribution >= 0.6 is 0 Å². The van der Waals surface area contributed by atoms with Gasteiger partial charge in [-0.05, 0) is 56.9 Å². The number of halogens is 1. The van der Waals surface area contributed by atoms with Gasteiger partial charge in [-0.3, -0.25) is 9.59 Å². The lowest BCUT2D eigenvalue weighted by molar-refractivity contribution is -0.139. The molecule has 1 amide bonds. The van der Waals surface area contributed by atoms with E-state index in [-0.39, 0.29) is 11.3 Å². The number of methoxy groups -OCH3 is 1. The number of Topliss-reactive ketones (excluding diaryl/α,β-unsaturated/α-hetero) is 1. The Balaban J connectivity index is 2.09. The minimum Gasteiger partial charge on any atom is -0.507 e. The standard InChI is InChI=1S/C23H25FN2O4/c1-25(2)12-5-13-26-20(15-8-10-17(24)11-9-15)19(22(28)23(26)29)21(27)16-6-4-7-18(14-16)30-3/h4,6-11,14,20,27H,5,12-13H2,1-3H3/b21-19-. The number of rotatable bonds is 7. The monoisotopic (exact) mass is 412 g/mol. The fraction of sp³-hybridized carbons (Fsp3) is 0.304. The van der Waals surface area contributed by atoms with Crippen LogP contribution in [0.5, 0.6) is 5.75 Å². The van der Waals surface area contributed by atoms with E-state index < -0.39 is 23.5 Å². The van der Waals surface area contributed by atoms with Gasteiger partial charge in [-0.1, -0.05) is 24.3 Å². The van der Waals surface area contributed by atoms with Crippen molar-refractivity contribution in [1.29, 1.82) is 0 Å². The van der Waals surface area contributed by atoms with Gasteiger partial charge in [0, 0.05) is 12.1 Å². The molecular weight excluding hydrogens is 387 g/mol. The highest BCUT2D eigenvalue weighted by molar-refractivity contribution is 6.46. The van der Waals surface area contributed by atoms with E-state index in [1.54, 1.807) is 24.3 Å². The van der Waals surface area contributed by atoms with Gasteiger partial charge in [-0.2, -0.15) is 0 Å². The first-order chi connectivity index (χ1) is 14.3. The molecule has 1 unspecified atom stereocenters. The number of hydrogen-bond acceptors (Lipinski definition) is 5. The number of benzene rings is 2. The van der Waals surface area contributed by atoms with Crippen molar-refractivity contribution in [3.05, 3.63) is 71.0 Å². The maximum atomic E-state index is 13.5. The molecule has 1 N–H and O–H groups in total. The molecule has 2 aromatic carbocycles. The van der Waals surface area contributed by atoms with Gasteiger partial charge in [-0.15, -0.1) is 0 Å². The van der Waals surface area contributed by atoms with Crippen molar-refractivity contribution in [1.82, 2.24) is 9.80 Å². The fourth-order valence-electron chi connectivity index (χ4n) is 3.59. The molecule has 0 radical (unpaired) electrons. The lowest BCUT2D eigenvalue weighted by atomic mass is 9.95. The average Bonchev–Trinajstić information content (AvgIpc) is 2.98. The second-order valence-electron chi connectivity index (χ2n) is 7.43. The summed E-state index contributed by atoms with van der Waals surface area (Å²) >= 11 is 0. The molecule has 7 heteroatoms. The highest BCUT2D eigenvalue weighted by Gasteiger charge is 2.45. The molecule has 1 aliphatic rings. The molecule has 2 aromatic rings. The van der Waals surface area contributed by atoms with E-state index in [1.165, 1.54) is 36.3 Å². The van der Waals surface area contributed by atoms with Gasteiger partial charge in [0.2, 0.25) is 0 Å². The van der Waals surface area contributed by atoms with Crippen LogP contribution < -0.4 is 4.74 Å². The number of hydrogen-bond donors (Lipinski definition) is 1. The maximum Gasteiger partial charge on any atom is 0.295 e. The SMILES string of the molecule is COc1cccc(/C(O)=C2/C(=O)C(=O)N(CCCN(C)C)C2c2ccc(F)cc2)c1. The molecule has 6 nitrogen and oxygen atoms in total. The van der Waals surface area contributed by atoms with Crippen LogP contribution in [0.4, 0.5) is 4.39 Å². The first-order valence-corrected chi connectivity index (χ1v) is 9.66. The number of carbonyl (C=O) groups is 2. The number of ether oxygens (including phenoxy) is 1. The van der Waals surface area contributed by atoms with Crippen LogP contribution in [0.15, 0.2) is 54.1 Å². The Bertz CT molecular complexity index is 969. The molecule has 1 atom stereocenters. The number of aliphatic hydroxyl groups excluding tert-OH is 1. The maximum absolute atomic E-state index is 13.5. The summed E-state index contributed by atoms with van der Waals surface area (Å²) in [5.41, 5.74) is 0.919. The van der Waals surface area contributed by atoms with E-state index in [4.69, 9.17) is 4.74 Å². The highest BCUT2D eigenvalue weighted by Crippen LogP contribution is 2.39. The number of aliphatic hydroxyl groups is 1. The van der Waals surface area contributed by atoms with Gasteiger partial charge in [0.25, 0.3) is 11.7 Å². The van der Waals surface area contributed by atoms with Crippen LogP contribution in [-0.4, -0.2) is 60.9 Å². The topological polar surface area (TPSA) is 70.1 Å². The Hall–Kier alpha value is -3.19. The molecule has 1 aliphatic heterocycles. The summed E-state index contributed by atoms with van der Waals surface area (Å²) in [7, 11) is 5.35. The normalized spacial score (nSPS) is 18.3. The van der Waals surface area contributed by atoms with Gasteiger partial charge in [0.15, 0.2) is 0 Å². The van der Waals surface area contributed by atoms with Gasteiger partial charge >= 0.3 is 0 Å². The van der Waals surface area contributed by atoms with Crippen LogP contribution in [0.1, 0.15) is 23.6 Å². The summed E-state index contributed by atoms with van der Waals surface area (Å²) in [6.07, 6.45) is 0.650. The molecule has 0 bridgehead atoms. The molecule has 1 fully saturated rings. The third-order valence-corrected chi connectivity index (χ3v) is 5.07. The highest BCUT2D eigenvalue weighted by atomic mass is 19.1. The molecule has 0 saturated carbocycles. The van der Waals surface area contributed by atoms with Crippen molar-refractivity contribution in [2.75, 3.05) is 34.3 Å². The van der Waals surface area contributed by atoms with E-state index in [1.807, 2.05) is 19.0 Å². The Morgan fingerprint density at radius 1 is 1.17 bits per heavy atom. The predicted molar refractivity (Wildman–Crippen MR) is 112 cm³/mol. The molecule has 0 aliphatic carbocycles. The lowest BCUT2D eigenvalue weighted by Crippen LogP contribution is -2.32.